The molecule has 0 bridgehead atoms. The second kappa shape index (κ2) is 5.58. The predicted octanol–water partition coefficient (Wildman–Crippen LogP) is -0.294. The summed E-state index contributed by atoms with van der Waals surface area (Å²) in [6.07, 6.45) is 0.812. The Kier molecular flexibility index (Phi) is 3.66. The van der Waals surface area contributed by atoms with Crippen molar-refractivity contribution in [1.82, 2.24) is 25.3 Å². The first kappa shape index (κ1) is 15.1. The van der Waals surface area contributed by atoms with Crippen LogP contribution in [-0.4, -0.2) is 79.3 Å². The van der Waals surface area contributed by atoms with E-state index in [1.165, 1.54) is 0 Å². The first-order valence-electron chi connectivity index (χ1n) is 8.38. The molecule has 0 aliphatic carbocycles. The maximum absolute atomic E-state index is 13.0. The second-order valence-corrected chi connectivity index (χ2v) is 7.45. The lowest BCUT2D eigenvalue weighted by molar-refractivity contribution is 0.0744. The van der Waals surface area contributed by atoms with Gasteiger partial charge < -0.3 is 19.9 Å². The van der Waals surface area contributed by atoms with Crippen molar-refractivity contribution >= 4 is 5.91 Å². The fourth-order valence-electron chi connectivity index (χ4n) is 4.47. The molecule has 0 spiro atoms. The molecule has 0 aromatic carbocycles. The molecule has 1 amide bonds. The summed E-state index contributed by atoms with van der Waals surface area (Å²) in [5, 5.41) is 10.8. The molecule has 2 fully saturated rings. The number of aromatic amines is 1. The fourth-order valence-corrected chi connectivity index (χ4v) is 4.47. The minimum absolute atomic E-state index is 0.0560. The van der Waals surface area contributed by atoms with E-state index in [0.29, 0.717) is 24.8 Å². The van der Waals surface area contributed by atoms with Gasteiger partial charge in [-0.25, -0.2) is 0 Å². The third-order valence-corrected chi connectivity index (χ3v) is 5.50. The molecule has 1 aromatic rings. The van der Waals surface area contributed by atoms with Gasteiger partial charge in [0.25, 0.3) is 5.91 Å². The molecule has 0 radical (unpaired) electrons. The number of carbonyl (C=O) groups excluding carboxylic acids is 1. The Hall–Kier alpha value is -1.44. The molecule has 4 rings (SSSR count). The minimum atomic E-state index is 0.0560. The number of amides is 1. The Bertz CT molecular complexity index is 614. The van der Waals surface area contributed by atoms with Crippen molar-refractivity contribution in [1.29, 1.82) is 0 Å². The van der Waals surface area contributed by atoms with Crippen LogP contribution in [0.15, 0.2) is 0 Å². The number of nitrogens with zero attached hydrogens (tertiary/aromatic N) is 3. The van der Waals surface area contributed by atoms with E-state index in [1.807, 2.05) is 4.90 Å². The Morgan fingerprint density at radius 1 is 1.52 bits per heavy atom. The average molecular weight is 319 g/mol. The predicted molar refractivity (Wildman–Crippen MR) is 85.2 cm³/mol. The zero-order valence-corrected chi connectivity index (χ0v) is 13.9. The molecular weight excluding hydrogens is 294 g/mol. The van der Waals surface area contributed by atoms with Crippen LogP contribution in [0.4, 0.5) is 0 Å². The highest BCUT2D eigenvalue weighted by atomic mass is 16.5. The highest BCUT2D eigenvalue weighted by Crippen LogP contribution is 2.40. The zero-order chi connectivity index (χ0) is 16.0. The third-order valence-electron chi connectivity index (χ3n) is 5.50. The zero-order valence-electron chi connectivity index (χ0n) is 13.9. The molecule has 126 valence electrons. The van der Waals surface area contributed by atoms with Crippen LogP contribution in [0.2, 0.25) is 0 Å². The molecular formula is C16H25N5O2. The van der Waals surface area contributed by atoms with Crippen LogP contribution in [0.25, 0.3) is 0 Å². The van der Waals surface area contributed by atoms with Gasteiger partial charge >= 0.3 is 0 Å². The van der Waals surface area contributed by atoms with Crippen molar-refractivity contribution in [2.45, 2.75) is 13.0 Å². The van der Waals surface area contributed by atoms with Crippen LogP contribution in [0, 0.1) is 11.3 Å². The standard InChI is InChI=1S/C16H25N5O2/c1-20(2)9-16-8-17-5-11(16)6-21(10-16)15(22)14-12-7-23-4-3-13(12)18-19-14/h11,17H,3-10H2,1-2H3,(H,18,19). The van der Waals surface area contributed by atoms with Gasteiger partial charge in [0.2, 0.25) is 0 Å². The van der Waals surface area contributed by atoms with E-state index >= 15 is 0 Å². The molecule has 3 aliphatic rings. The van der Waals surface area contributed by atoms with Crippen LogP contribution in [0.1, 0.15) is 21.7 Å². The summed E-state index contributed by atoms with van der Waals surface area (Å²) in [4.78, 5) is 17.2. The SMILES string of the molecule is CN(C)CC12CNCC1CN(C(=O)c1n[nH]c3c1COCC3)C2. The highest BCUT2D eigenvalue weighted by Gasteiger charge is 2.51. The molecule has 4 heterocycles. The lowest BCUT2D eigenvalue weighted by atomic mass is 9.80. The molecule has 2 unspecified atom stereocenters. The summed E-state index contributed by atoms with van der Waals surface area (Å²) in [6.45, 7) is 5.82. The lowest BCUT2D eigenvalue weighted by Crippen LogP contribution is -2.42. The number of fused-ring (bicyclic) bond motifs is 2. The van der Waals surface area contributed by atoms with E-state index in [4.69, 9.17) is 4.74 Å². The first-order chi connectivity index (χ1) is 11.1. The summed E-state index contributed by atoms with van der Waals surface area (Å²) >= 11 is 0. The molecule has 7 heteroatoms. The average Bonchev–Trinajstić information content (AvgIpc) is 3.17. The Balaban J connectivity index is 1.55. The summed E-state index contributed by atoms with van der Waals surface area (Å²) in [5.41, 5.74) is 2.75. The Labute approximate surface area is 136 Å². The van der Waals surface area contributed by atoms with Gasteiger partial charge in [-0.05, 0) is 20.0 Å². The van der Waals surface area contributed by atoms with Gasteiger partial charge in [0.05, 0.1) is 13.2 Å². The van der Waals surface area contributed by atoms with Crippen LogP contribution < -0.4 is 5.32 Å². The summed E-state index contributed by atoms with van der Waals surface area (Å²) in [6, 6.07) is 0. The van der Waals surface area contributed by atoms with Gasteiger partial charge in [0, 0.05) is 55.8 Å². The van der Waals surface area contributed by atoms with Crippen LogP contribution in [0.5, 0.6) is 0 Å². The van der Waals surface area contributed by atoms with Gasteiger partial charge in [-0.1, -0.05) is 0 Å². The second-order valence-electron chi connectivity index (χ2n) is 7.45. The number of hydrogen-bond acceptors (Lipinski definition) is 5. The van der Waals surface area contributed by atoms with E-state index in [9.17, 15) is 4.79 Å². The van der Waals surface area contributed by atoms with E-state index < -0.39 is 0 Å². The van der Waals surface area contributed by atoms with Gasteiger partial charge in [0.1, 0.15) is 0 Å². The minimum Gasteiger partial charge on any atom is -0.376 e. The normalized spacial score (nSPS) is 29.9. The first-order valence-corrected chi connectivity index (χ1v) is 8.38. The van der Waals surface area contributed by atoms with E-state index in [2.05, 4.69) is 34.5 Å². The maximum atomic E-state index is 13.0. The maximum Gasteiger partial charge on any atom is 0.274 e. The van der Waals surface area contributed by atoms with Crippen molar-refractivity contribution in [2.75, 3.05) is 53.4 Å². The van der Waals surface area contributed by atoms with Crippen molar-refractivity contribution in [3.63, 3.8) is 0 Å². The van der Waals surface area contributed by atoms with Crippen molar-refractivity contribution in [3.8, 4) is 0 Å². The number of rotatable bonds is 3. The topological polar surface area (TPSA) is 73.5 Å². The highest BCUT2D eigenvalue weighted by molar-refractivity contribution is 5.94. The quantitative estimate of drug-likeness (QED) is 0.801. The number of nitrogens with one attached hydrogen (secondary N) is 2. The summed E-state index contributed by atoms with van der Waals surface area (Å²) in [5.74, 6) is 0.584. The molecule has 1 aromatic heterocycles. The number of ether oxygens (including phenoxy) is 1. The van der Waals surface area contributed by atoms with Gasteiger partial charge in [-0.3, -0.25) is 9.89 Å². The van der Waals surface area contributed by atoms with Crippen LogP contribution in [-0.2, 0) is 17.8 Å². The van der Waals surface area contributed by atoms with Crippen molar-refractivity contribution in [2.24, 2.45) is 11.3 Å². The smallest absolute Gasteiger partial charge is 0.274 e. The van der Waals surface area contributed by atoms with E-state index in [-0.39, 0.29) is 11.3 Å². The number of carbonyl (C=O) groups is 1. The molecule has 23 heavy (non-hydrogen) atoms. The molecule has 0 saturated carbocycles. The summed E-state index contributed by atoms with van der Waals surface area (Å²) < 4.78 is 5.51. The number of likely N-dealkylation sites (tertiary alicyclic amines) is 1. The molecule has 2 atom stereocenters. The lowest BCUT2D eigenvalue weighted by Gasteiger charge is -2.31. The molecule has 3 aliphatic heterocycles. The van der Waals surface area contributed by atoms with E-state index in [0.717, 1.165) is 50.4 Å². The van der Waals surface area contributed by atoms with Gasteiger partial charge in [-0.15, -0.1) is 0 Å². The fraction of sp³-hybridized carbons (Fsp3) is 0.750. The van der Waals surface area contributed by atoms with Crippen LogP contribution >= 0.6 is 0 Å². The van der Waals surface area contributed by atoms with Crippen molar-refractivity contribution < 1.29 is 9.53 Å². The van der Waals surface area contributed by atoms with Crippen molar-refractivity contribution in [3.05, 3.63) is 17.0 Å². The largest absolute Gasteiger partial charge is 0.376 e. The van der Waals surface area contributed by atoms with Gasteiger partial charge in [-0.2, -0.15) is 5.10 Å². The monoisotopic (exact) mass is 319 g/mol. The summed E-state index contributed by atoms with van der Waals surface area (Å²) in [7, 11) is 4.21. The number of hydrogen-bond donors (Lipinski definition) is 2. The van der Waals surface area contributed by atoms with Crippen LogP contribution in [0.3, 0.4) is 0 Å². The molecule has 2 N–H and O–H groups in total. The number of aromatic nitrogens is 2. The molecule has 2 saturated heterocycles. The molecule has 7 nitrogen and oxygen atoms in total. The van der Waals surface area contributed by atoms with Gasteiger partial charge in [0.15, 0.2) is 5.69 Å². The Morgan fingerprint density at radius 3 is 3.22 bits per heavy atom. The number of H-pyrrole nitrogens is 1. The van der Waals surface area contributed by atoms with E-state index in [1.54, 1.807) is 0 Å². The third kappa shape index (κ3) is 2.47. The Morgan fingerprint density at radius 2 is 2.39 bits per heavy atom.